The summed E-state index contributed by atoms with van der Waals surface area (Å²) < 4.78 is 6.84. The molecule has 1 aliphatic heterocycles. The van der Waals surface area contributed by atoms with Crippen molar-refractivity contribution < 1.29 is 9.53 Å². The van der Waals surface area contributed by atoms with E-state index in [0.29, 0.717) is 46.4 Å². The lowest BCUT2D eigenvalue weighted by Crippen LogP contribution is -2.44. The predicted octanol–water partition coefficient (Wildman–Crippen LogP) is 4.38. The van der Waals surface area contributed by atoms with Gasteiger partial charge < -0.3 is 10.1 Å². The average molecular weight is 448 g/mol. The molecular formula is C27H33N3O3. The van der Waals surface area contributed by atoms with Gasteiger partial charge in [0.05, 0.1) is 18.4 Å². The summed E-state index contributed by atoms with van der Waals surface area (Å²) >= 11 is 0. The topological polar surface area (TPSA) is 63.6 Å². The number of aromatic nitrogens is 1. The van der Waals surface area contributed by atoms with E-state index in [0.717, 1.165) is 13.0 Å². The van der Waals surface area contributed by atoms with Crippen LogP contribution in [0.4, 0.5) is 0 Å². The van der Waals surface area contributed by atoms with Crippen LogP contribution < -0.4 is 15.6 Å². The highest BCUT2D eigenvalue weighted by atomic mass is 16.5. The Morgan fingerprint density at radius 3 is 2.52 bits per heavy atom. The Bertz CT molecular complexity index is 1180. The molecule has 1 aliphatic rings. The SMILES string of the molecule is COc1cccc(-n2cc(C(=O)NCCCN3[C@@H](C)CCC[C@@H]3C)c3ccccc3c2=O)c1. The van der Waals surface area contributed by atoms with Gasteiger partial charge in [0, 0.05) is 48.2 Å². The number of hydrogen-bond donors (Lipinski definition) is 1. The van der Waals surface area contributed by atoms with Crippen molar-refractivity contribution in [2.24, 2.45) is 0 Å². The van der Waals surface area contributed by atoms with E-state index < -0.39 is 0 Å². The minimum absolute atomic E-state index is 0.163. The number of nitrogens with zero attached hydrogens (tertiary/aromatic N) is 2. The summed E-state index contributed by atoms with van der Waals surface area (Å²) in [6, 6.07) is 15.8. The van der Waals surface area contributed by atoms with Gasteiger partial charge in [-0.25, -0.2) is 0 Å². The van der Waals surface area contributed by atoms with Crippen LogP contribution in [-0.2, 0) is 0 Å². The van der Waals surface area contributed by atoms with E-state index in [4.69, 9.17) is 4.74 Å². The van der Waals surface area contributed by atoms with Gasteiger partial charge in [0.25, 0.3) is 11.5 Å². The third-order valence-corrected chi connectivity index (χ3v) is 6.76. The third-order valence-electron chi connectivity index (χ3n) is 6.76. The fourth-order valence-electron chi connectivity index (χ4n) is 4.90. The van der Waals surface area contributed by atoms with Crippen LogP contribution in [0.25, 0.3) is 16.5 Å². The quantitative estimate of drug-likeness (QED) is 0.546. The summed E-state index contributed by atoms with van der Waals surface area (Å²) in [5.41, 5.74) is 0.989. The average Bonchev–Trinajstić information content (AvgIpc) is 2.83. The molecule has 1 N–H and O–H groups in total. The lowest BCUT2D eigenvalue weighted by molar-refractivity contribution is 0.0926. The van der Waals surface area contributed by atoms with E-state index in [1.807, 2.05) is 36.4 Å². The Kier molecular flexibility index (Phi) is 7.14. The van der Waals surface area contributed by atoms with Crippen LogP contribution in [0, 0.1) is 0 Å². The second-order valence-electron chi connectivity index (χ2n) is 8.94. The molecule has 33 heavy (non-hydrogen) atoms. The molecule has 1 fully saturated rings. The van der Waals surface area contributed by atoms with Gasteiger partial charge in [-0.2, -0.15) is 0 Å². The highest BCUT2D eigenvalue weighted by molar-refractivity contribution is 6.06. The molecule has 0 unspecified atom stereocenters. The first-order valence-electron chi connectivity index (χ1n) is 11.8. The number of carbonyl (C=O) groups excluding carboxylic acids is 1. The molecular weight excluding hydrogens is 414 g/mol. The molecule has 1 saturated heterocycles. The minimum atomic E-state index is -0.164. The van der Waals surface area contributed by atoms with Gasteiger partial charge in [0.15, 0.2) is 0 Å². The first kappa shape index (κ1) is 23.1. The number of hydrogen-bond acceptors (Lipinski definition) is 4. The van der Waals surface area contributed by atoms with Crippen LogP contribution in [0.5, 0.6) is 5.75 Å². The predicted molar refractivity (Wildman–Crippen MR) is 133 cm³/mol. The van der Waals surface area contributed by atoms with Gasteiger partial charge >= 0.3 is 0 Å². The van der Waals surface area contributed by atoms with Crippen LogP contribution in [0.3, 0.4) is 0 Å². The summed E-state index contributed by atoms with van der Waals surface area (Å²) in [6.45, 7) is 6.17. The molecule has 0 radical (unpaired) electrons. The summed E-state index contributed by atoms with van der Waals surface area (Å²) in [6.07, 6.45) is 6.33. The molecule has 2 heterocycles. The molecule has 0 bridgehead atoms. The highest BCUT2D eigenvalue weighted by Crippen LogP contribution is 2.23. The zero-order valence-corrected chi connectivity index (χ0v) is 19.7. The molecule has 1 aromatic heterocycles. The molecule has 2 atom stereocenters. The Morgan fingerprint density at radius 1 is 1.06 bits per heavy atom. The lowest BCUT2D eigenvalue weighted by Gasteiger charge is -2.39. The molecule has 0 spiro atoms. The number of ether oxygens (including phenoxy) is 1. The number of benzene rings is 2. The van der Waals surface area contributed by atoms with E-state index in [2.05, 4.69) is 24.1 Å². The van der Waals surface area contributed by atoms with Crippen molar-refractivity contribution >= 4 is 16.7 Å². The van der Waals surface area contributed by atoms with Crippen LogP contribution in [0.2, 0.25) is 0 Å². The lowest BCUT2D eigenvalue weighted by atomic mass is 9.97. The largest absolute Gasteiger partial charge is 0.497 e. The third kappa shape index (κ3) is 4.96. The summed E-state index contributed by atoms with van der Waals surface area (Å²) in [7, 11) is 1.59. The summed E-state index contributed by atoms with van der Waals surface area (Å²) in [5, 5.41) is 4.26. The summed E-state index contributed by atoms with van der Waals surface area (Å²) in [5.74, 6) is 0.488. The molecule has 6 heteroatoms. The fourth-order valence-corrected chi connectivity index (χ4v) is 4.90. The van der Waals surface area contributed by atoms with Crippen LogP contribution in [0.1, 0.15) is 49.9 Å². The number of methoxy groups -OCH3 is 1. The molecule has 0 saturated carbocycles. The van der Waals surface area contributed by atoms with E-state index in [9.17, 15) is 9.59 Å². The van der Waals surface area contributed by atoms with Crippen molar-refractivity contribution in [1.29, 1.82) is 0 Å². The normalized spacial score (nSPS) is 18.9. The van der Waals surface area contributed by atoms with Gasteiger partial charge in [-0.15, -0.1) is 0 Å². The number of likely N-dealkylation sites (tertiary alicyclic amines) is 1. The van der Waals surface area contributed by atoms with Crippen molar-refractivity contribution in [1.82, 2.24) is 14.8 Å². The van der Waals surface area contributed by atoms with Gasteiger partial charge in [0.1, 0.15) is 5.75 Å². The van der Waals surface area contributed by atoms with Crippen molar-refractivity contribution in [3.8, 4) is 11.4 Å². The van der Waals surface area contributed by atoms with Crippen LogP contribution in [-0.4, -0.2) is 47.7 Å². The fraction of sp³-hybridized carbons (Fsp3) is 0.407. The maximum atomic E-state index is 13.2. The first-order valence-corrected chi connectivity index (χ1v) is 11.8. The van der Waals surface area contributed by atoms with E-state index in [1.165, 1.54) is 23.8 Å². The van der Waals surface area contributed by atoms with Gasteiger partial charge in [-0.1, -0.05) is 30.7 Å². The number of amides is 1. The number of rotatable bonds is 7. The van der Waals surface area contributed by atoms with E-state index in [-0.39, 0.29) is 11.5 Å². The van der Waals surface area contributed by atoms with Gasteiger partial charge in [-0.3, -0.25) is 19.1 Å². The molecule has 0 aliphatic carbocycles. The molecule has 174 valence electrons. The smallest absolute Gasteiger partial charge is 0.262 e. The van der Waals surface area contributed by atoms with Crippen LogP contribution in [0.15, 0.2) is 59.5 Å². The zero-order chi connectivity index (χ0) is 23.4. The number of nitrogens with one attached hydrogen (secondary N) is 1. The second kappa shape index (κ2) is 10.2. The van der Waals surface area contributed by atoms with Gasteiger partial charge in [-0.05, 0) is 51.3 Å². The first-order chi connectivity index (χ1) is 16.0. The highest BCUT2D eigenvalue weighted by Gasteiger charge is 2.24. The second-order valence-corrected chi connectivity index (χ2v) is 8.94. The standard InChI is InChI=1S/C27H33N3O3/c1-19-9-6-10-20(2)29(19)16-8-15-28-26(31)25-18-30(21-11-7-12-22(17-21)33-3)27(32)24-14-5-4-13-23(24)25/h4-5,7,11-14,17-20H,6,8-10,15-16H2,1-3H3,(H,28,31)/t19-,20-/m0/s1. The van der Waals surface area contributed by atoms with Crippen molar-refractivity contribution in [2.75, 3.05) is 20.2 Å². The minimum Gasteiger partial charge on any atom is -0.497 e. The molecule has 6 nitrogen and oxygen atoms in total. The summed E-state index contributed by atoms with van der Waals surface area (Å²) in [4.78, 5) is 28.9. The Labute approximate surface area is 195 Å². The van der Waals surface area contributed by atoms with E-state index >= 15 is 0 Å². The Balaban J connectivity index is 1.55. The number of piperidine rings is 1. The van der Waals surface area contributed by atoms with Gasteiger partial charge in [0.2, 0.25) is 0 Å². The Morgan fingerprint density at radius 2 is 1.79 bits per heavy atom. The van der Waals surface area contributed by atoms with Crippen molar-refractivity contribution in [3.05, 3.63) is 70.6 Å². The molecule has 2 aromatic carbocycles. The maximum absolute atomic E-state index is 13.2. The number of fused-ring (bicyclic) bond motifs is 1. The van der Waals surface area contributed by atoms with Crippen molar-refractivity contribution in [2.45, 2.75) is 51.6 Å². The maximum Gasteiger partial charge on any atom is 0.262 e. The zero-order valence-electron chi connectivity index (χ0n) is 19.7. The van der Waals surface area contributed by atoms with Crippen LogP contribution >= 0.6 is 0 Å². The molecule has 4 rings (SSSR count). The van der Waals surface area contributed by atoms with Crippen molar-refractivity contribution in [3.63, 3.8) is 0 Å². The number of carbonyl (C=O) groups is 1. The van der Waals surface area contributed by atoms with E-state index in [1.54, 1.807) is 25.4 Å². The Hall–Kier alpha value is -3.12. The monoisotopic (exact) mass is 447 g/mol. The number of pyridine rings is 1. The molecule has 3 aromatic rings. The molecule has 1 amide bonds.